The molecule has 0 amide bonds. The second kappa shape index (κ2) is 6.67. The van der Waals surface area contributed by atoms with Gasteiger partial charge in [0.05, 0.1) is 12.3 Å². The number of aromatic nitrogens is 2. The minimum absolute atomic E-state index is 0.268. The van der Waals surface area contributed by atoms with E-state index in [1.165, 1.54) is 6.07 Å². The molecule has 1 aromatic carbocycles. The molecule has 0 unspecified atom stereocenters. The maximum absolute atomic E-state index is 11.9. The first-order chi connectivity index (χ1) is 10.0. The predicted molar refractivity (Wildman–Crippen MR) is 83.0 cm³/mol. The van der Waals surface area contributed by atoms with E-state index in [9.17, 15) is 9.59 Å². The van der Waals surface area contributed by atoms with E-state index >= 15 is 0 Å². The van der Waals surface area contributed by atoms with Crippen molar-refractivity contribution in [2.75, 3.05) is 6.61 Å². The van der Waals surface area contributed by atoms with E-state index in [1.54, 1.807) is 19.9 Å². The molecule has 0 aliphatic rings. The van der Waals surface area contributed by atoms with Gasteiger partial charge in [0.2, 0.25) is 0 Å². The van der Waals surface area contributed by atoms with Gasteiger partial charge in [0.25, 0.3) is 5.56 Å². The molecule has 1 aromatic heterocycles. The van der Waals surface area contributed by atoms with Gasteiger partial charge in [-0.2, -0.15) is 5.10 Å². The fraction of sp³-hybridized carbons (Fsp3) is 0.267. The molecule has 0 saturated carbocycles. The van der Waals surface area contributed by atoms with E-state index in [2.05, 4.69) is 21.0 Å². The standard InChI is InChI=1S/C15H15BrN2O3/c1-3-21-15(20)10(2)18-14(19)9-8-13(17-18)11-4-6-12(16)7-5-11/h4-10H,3H2,1-2H3/t10-/m0/s1. The van der Waals surface area contributed by atoms with Crippen LogP contribution in [0.15, 0.2) is 45.7 Å². The number of carbonyl (C=O) groups excluding carboxylic acids is 1. The predicted octanol–water partition coefficient (Wildman–Crippen LogP) is 2.80. The van der Waals surface area contributed by atoms with Gasteiger partial charge < -0.3 is 4.74 Å². The van der Waals surface area contributed by atoms with Gasteiger partial charge in [0.1, 0.15) is 0 Å². The zero-order chi connectivity index (χ0) is 15.4. The highest BCUT2D eigenvalue weighted by molar-refractivity contribution is 9.10. The largest absolute Gasteiger partial charge is 0.464 e. The lowest BCUT2D eigenvalue weighted by molar-refractivity contribution is -0.147. The number of hydrogen-bond acceptors (Lipinski definition) is 4. The number of esters is 1. The van der Waals surface area contributed by atoms with Crippen molar-refractivity contribution >= 4 is 21.9 Å². The first-order valence-electron chi connectivity index (χ1n) is 6.55. The number of halogens is 1. The van der Waals surface area contributed by atoms with Crippen LogP contribution in [0, 0.1) is 0 Å². The van der Waals surface area contributed by atoms with Crippen LogP contribution in [0.3, 0.4) is 0 Å². The third-order valence-electron chi connectivity index (χ3n) is 2.96. The number of carbonyl (C=O) groups is 1. The second-order valence-electron chi connectivity index (χ2n) is 4.44. The Labute approximate surface area is 130 Å². The van der Waals surface area contributed by atoms with Crippen molar-refractivity contribution in [3.05, 3.63) is 51.2 Å². The molecule has 0 N–H and O–H groups in total. The Morgan fingerprint density at radius 3 is 2.57 bits per heavy atom. The minimum Gasteiger partial charge on any atom is -0.464 e. The molecular formula is C15H15BrN2O3. The molecule has 1 atom stereocenters. The van der Waals surface area contributed by atoms with Crippen molar-refractivity contribution in [1.82, 2.24) is 9.78 Å². The van der Waals surface area contributed by atoms with Gasteiger partial charge in [-0.3, -0.25) is 4.79 Å². The lowest BCUT2D eigenvalue weighted by atomic mass is 10.1. The Morgan fingerprint density at radius 1 is 1.29 bits per heavy atom. The van der Waals surface area contributed by atoms with Crippen LogP contribution >= 0.6 is 15.9 Å². The Kier molecular flexibility index (Phi) is 4.90. The summed E-state index contributed by atoms with van der Waals surface area (Å²) in [4.78, 5) is 23.7. The smallest absolute Gasteiger partial charge is 0.330 e. The van der Waals surface area contributed by atoms with Crippen molar-refractivity contribution in [3.8, 4) is 11.3 Å². The SMILES string of the molecule is CCOC(=O)[C@H](C)n1nc(-c2ccc(Br)cc2)ccc1=O. The number of hydrogen-bond donors (Lipinski definition) is 0. The molecule has 1 heterocycles. The quantitative estimate of drug-likeness (QED) is 0.795. The molecule has 0 aliphatic heterocycles. The van der Waals surface area contributed by atoms with Gasteiger partial charge in [-0.05, 0) is 32.0 Å². The summed E-state index contributed by atoms with van der Waals surface area (Å²) in [7, 11) is 0. The normalized spacial score (nSPS) is 12.0. The zero-order valence-electron chi connectivity index (χ0n) is 11.7. The van der Waals surface area contributed by atoms with E-state index in [0.29, 0.717) is 5.69 Å². The van der Waals surface area contributed by atoms with Gasteiger partial charge >= 0.3 is 5.97 Å². The van der Waals surface area contributed by atoms with Crippen molar-refractivity contribution < 1.29 is 9.53 Å². The van der Waals surface area contributed by atoms with Gasteiger partial charge in [-0.15, -0.1) is 0 Å². The van der Waals surface area contributed by atoms with E-state index in [4.69, 9.17) is 4.74 Å². The molecule has 2 aromatic rings. The monoisotopic (exact) mass is 350 g/mol. The maximum Gasteiger partial charge on any atom is 0.330 e. The number of benzene rings is 1. The van der Waals surface area contributed by atoms with Crippen LogP contribution in [0.25, 0.3) is 11.3 Å². The van der Waals surface area contributed by atoms with Crippen LogP contribution < -0.4 is 5.56 Å². The summed E-state index contributed by atoms with van der Waals surface area (Å²) >= 11 is 3.37. The summed E-state index contributed by atoms with van der Waals surface area (Å²) in [6.07, 6.45) is 0. The molecular weight excluding hydrogens is 336 g/mol. The molecule has 21 heavy (non-hydrogen) atoms. The molecule has 0 aliphatic carbocycles. The Bertz CT molecular complexity index is 695. The van der Waals surface area contributed by atoms with Gasteiger partial charge in [0.15, 0.2) is 6.04 Å². The van der Waals surface area contributed by atoms with Crippen LogP contribution in [-0.2, 0) is 9.53 Å². The van der Waals surface area contributed by atoms with Gasteiger partial charge in [0, 0.05) is 16.1 Å². The summed E-state index contributed by atoms with van der Waals surface area (Å²) in [6, 6.07) is 9.84. The summed E-state index contributed by atoms with van der Waals surface area (Å²) in [6.45, 7) is 3.58. The summed E-state index contributed by atoms with van der Waals surface area (Å²) in [5.74, 6) is -0.472. The zero-order valence-corrected chi connectivity index (χ0v) is 13.3. The summed E-state index contributed by atoms with van der Waals surface area (Å²) in [5.41, 5.74) is 1.15. The Morgan fingerprint density at radius 2 is 1.95 bits per heavy atom. The Balaban J connectivity index is 2.39. The second-order valence-corrected chi connectivity index (χ2v) is 5.35. The molecule has 2 rings (SSSR count). The molecule has 0 spiro atoms. The first-order valence-corrected chi connectivity index (χ1v) is 7.34. The Hall–Kier alpha value is -1.95. The first kappa shape index (κ1) is 15.4. The van der Waals surface area contributed by atoms with E-state index in [1.807, 2.05) is 24.3 Å². The minimum atomic E-state index is -0.757. The third-order valence-corrected chi connectivity index (χ3v) is 3.49. The lowest BCUT2D eigenvalue weighted by Gasteiger charge is -2.13. The van der Waals surface area contributed by atoms with Crippen molar-refractivity contribution in [2.24, 2.45) is 0 Å². The van der Waals surface area contributed by atoms with Crippen LogP contribution in [0.4, 0.5) is 0 Å². The molecule has 0 bridgehead atoms. The van der Waals surface area contributed by atoms with Crippen LogP contribution in [0.1, 0.15) is 19.9 Å². The van der Waals surface area contributed by atoms with Crippen LogP contribution in [0.2, 0.25) is 0 Å². The van der Waals surface area contributed by atoms with Crippen molar-refractivity contribution in [3.63, 3.8) is 0 Å². The number of rotatable bonds is 4. The number of nitrogens with zero attached hydrogens (tertiary/aromatic N) is 2. The fourth-order valence-corrected chi connectivity index (χ4v) is 2.10. The lowest BCUT2D eigenvalue weighted by Crippen LogP contribution is -2.31. The van der Waals surface area contributed by atoms with Gasteiger partial charge in [-0.1, -0.05) is 28.1 Å². The fourth-order valence-electron chi connectivity index (χ4n) is 1.84. The highest BCUT2D eigenvalue weighted by Gasteiger charge is 2.18. The molecule has 0 saturated heterocycles. The molecule has 5 nitrogen and oxygen atoms in total. The van der Waals surface area contributed by atoms with Crippen LogP contribution in [-0.4, -0.2) is 22.4 Å². The van der Waals surface area contributed by atoms with Crippen molar-refractivity contribution in [1.29, 1.82) is 0 Å². The third kappa shape index (κ3) is 3.58. The highest BCUT2D eigenvalue weighted by Crippen LogP contribution is 2.19. The molecule has 0 fully saturated rings. The van der Waals surface area contributed by atoms with E-state index in [0.717, 1.165) is 14.7 Å². The molecule has 0 radical (unpaired) electrons. The van der Waals surface area contributed by atoms with Crippen LogP contribution in [0.5, 0.6) is 0 Å². The summed E-state index contributed by atoms with van der Waals surface area (Å²) < 4.78 is 7.04. The number of ether oxygens (including phenoxy) is 1. The van der Waals surface area contributed by atoms with Crippen molar-refractivity contribution in [2.45, 2.75) is 19.9 Å². The maximum atomic E-state index is 11.9. The molecule has 110 valence electrons. The average Bonchev–Trinajstić information content (AvgIpc) is 2.48. The van der Waals surface area contributed by atoms with E-state index in [-0.39, 0.29) is 12.2 Å². The van der Waals surface area contributed by atoms with Gasteiger partial charge in [-0.25, -0.2) is 9.48 Å². The topological polar surface area (TPSA) is 61.2 Å². The molecule has 6 heteroatoms. The van der Waals surface area contributed by atoms with E-state index < -0.39 is 12.0 Å². The highest BCUT2D eigenvalue weighted by atomic mass is 79.9. The summed E-state index contributed by atoms with van der Waals surface area (Å²) in [5, 5.41) is 4.26. The average molecular weight is 351 g/mol.